The van der Waals surface area contributed by atoms with E-state index >= 15 is 0 Å². The van der Waals surface area contributed by atoms with Gasteiger partial charge in [0, 0.05) is 6.20 Å². The van der Waals surface area contributed by atoms with Crippen LogP contribution in [-0.2, 0) is 11.3 Å². The van der Waals surface area contributed by atoms with Crippen molar-refractivity contribution in [2.24, 2.45) is 0 Å². The highest BCUT2D eigenvalue weighted by Crippen LogP contribution is 2.13. The fourth-order valence-corrected chi connectivity index (χ4v) is 0.992. The lowest BCUT2D eigenvalue weighted by molar-refractivity contribution is -0.137. The molecule has 0 aromatic carbocycles. The molecule has 1 heterocycles. The number of hydrogen-bond acceptors (Lipinski definition) is 2. The number of hydrogen-bond donors (Lipinski definition) is 1. The Labute approximate surface area is 77.4 Å². The van der Waals surface area contributed by atoms with Gasteiger partial charge in [0.1, 0.15) is 6.54 Å². The number of carbonyl (C=O) groups is 1. The Hall–Kier alpha value is -1.72. The van der Waals surface area contributed by atoms with Gasteiger partial charge in [0.2, 0.25) is 0 Å². The Balaban J connectivity index is 3.14. The normalized spacial score (nSPS) is 10.5. The number of rotatable bonds is 3. The van der Waals surface area contributed by atoms with Crippen LogP contribution in [0.2, 0.25) is 0 Å². The Morgan fingerprint density at radius 1 is 1.57 bits per heavy atom. The number of carboxylic acid groups (broad SMARTS) is 1. The molecule has 1 N–H and O–H groups in total. The van der Waals surface area contributed by atoms with Gasteiger partial charge in [0.05, 0.1) is 5.56 Å². The summed E-state index contributed by atoms with van der Waals surface area (Å²) < 4.78 is 25.1. The molecule has 0 unspecified atom stereocenters. The molecule has 0 aliphatic carbocycles. The van der Waals surface area contributed by atoms with Crippen molar-refractivity contribution in [1.29, 1.82) is 0 Å². The molecule has 0 aliphatic heterocycles. The number of aliphatic carboxylic acids is 1. The van der Waals surface area contributed by atoms with E-state index in [-0.39, 0.29) is 0 Å². The Morgan fingerprint density at radius 3 is 2.71 bits per heavy atom. The average Bonchev–Trinajstić information content (AvgIpc) is 2.07. The predicted molar refractivity (Wildman–Crippen MR) is 43.3 cm³/mol. The summed E-state index contributed by atoms with van der Waals surface area (Å²) in [5.74, 6) is -1.25. The van der Waals surface area contributed by atoms with E-state index in [4.69, 9.17) is 5.11 Å². The summed E-state index contributed by atoms with van der Waals surface area (Å²) in [6, 6.07) is 2.19. The molecule has 0 saturated heterocycles. The summed E-state index contributed by atoms with van der Waals surface area (Å²) in [7, 11) is 0. The predicted octanol–water partition coefficient (Wildman–Crippen LogP) is 0.871. The van der Waals surface area contributed by atoms with Gasteiger partial charge < -0.3 is 9.67 Å². The number of nitrogens with zero attached hydrogens (tertiary/aromatic N) is 1. The first-order valence-corrected chi connectivity index (χ1v) is 3.71. The van der Waals surface area contributed by atoms with Gasteiger partial charge in [-0.25, -0.2) is 8.78 Å². The first-order valence-electron chi connectivity index (χ1n) is 3.71. The minimum atomic E-state index is -2.89. The van der Waals surface area contributed by atoms with Gasteiger partial charge in [-0.3, -0.25) is 9.59 Å². The van der Waals surface area contributed by atoms with Crippen LogP contribution < -0.4 is 5.56 Å². The van der Waals surface area contributed by atoms with Crippen molar-refractivity contribution in [3.63, 3.8) is 0 Å². The van der Waals surface area contributed by atoms with Crippen LogP contribution in [0, 0.1) is 0 Å². The maximum atomic E-state index is 12.2. The molecule has 0 amide bonds. The molecule has 0 bridgehead atoms. The van der Waals surface area contributed by atoms with Crippen molar-refractivity contribution in [3.05, 3.63) is 34.2 Å². The molecule has 76 valence electrons. The van der Waals surface area contributed by atoms with E-state index in [1.54, 1.807) is 0 Å². The van der Waals surface area contributed by atoms with Gasteiger partial charge in [-0.15, -0.1) is 0 Å². The first-order chi connectivity index (χ1) is 6.52. The topological polar surface area (TPSA) is 59.3 Å². The van der Waals surface area contributed by atoms with Gasteiger partial charge in [-0.05, 0) is 12.1 Å². The number of alkyl halides is 2. The molecule has 1 rings (SSSR count). The molecular formula is C8H7F2NO3. The fourth-order valence-electron chi connectivity index (χ4n) is 0.992. The standard InChI is InChI=1S/C8H7F2NO3/c9-7(10)5-2-1-3-11(8(5)14)4-6(12)13/h1-3,7H,4H2,(H,12,13). The zero-order chi connectivity index (χ0) is 10.7. The van der Waals surface area contributed by atoms with Crippen molar-refractivity contribution in [2.75, 3.05) is 0 Å². The Morgan fingerprint density at radius 2 is 2.21 bits per heavy atom. The lowest BCUT2D eigenvalue weighted by Crippen LogP contribution is -2.26. The van der Waals surface area contributed by atoms with E-state index in [1.807, 2.05) is 0 Å². The van der Waals surface area contributed by atoms with Crippen LogP contribution in [0.15, 0.2) is 23.1 Å². The van der Waals surface area contributed by atoms with Gasteiger partial charge in [0.25, 0.3) is 12.0 Å². The summed E-state index contributed by atoms with van der Waals surface area (Å²) in [6.45, 7) is -0.612. The van der Waals surface area contributed by atoms with Crippen LogP contribution in [0.4, 0.5) is 8.78 Å². The van der Waals surface area contributed by atoms with Crippen LogP contribution >= 0.6 is 0 Å². The van der Waals surface area contributed by atoms with E-state index in [0.29, 0.717) is 0 Å². The zero-order valence-electron chi connectivity index (χ0n) is 6.98. The maximum Gasteiger partial charge on any atom is 0.323 e. The van der Waals surface area contributed by atoms with Crippen LogP contribution in [0.5, 0.6) is 0 Å². The minimum Gasteiger partial charge on any atom is -0.480 e. The fraction of sp³-hybridized carbons (Fsp3) is 0.250. The molecule has 14 heavy (non-hydrogen) atoms. The van der Waals surface area contributed by atoms with E-state index in [0.717, 1.165) is 16.8 Å². The summed E-state index contributed by atoms with van der Waals surface area (Å²) in [6.07, 6.45) is -1.73. The highest BCUT2D eigenvalue weighted by molar-refractivity contribution is 5.66. The van der Waals surface area contributed by atoms with Crippen LogP contribution in [-0.4, -0.2) is 15.6 Å². The quantitative estimate of drug-likeness (QED) is 0.792. The van der Waals surface area contributed by atoms with Crippen molar-refractivity contribution < 1.29 is 18.7 Å². The number of carboxylic acids is 1. The second kappa shape index (κ2) is 3.99. The van der Waals surface area contributed by atoms with Crippen molar-refractivity contribution in [3.8, 4) is 0 Å². The van der Waals surface area contributed by atoms with Crippen molar-refractivity contribution in [2.45, 2.75) is 13.0 Å². The highest BCUT2D eigenvalue weighted by Gasteiger charge is 2.13. The second-order valence-corrected chi connectivity index (χ2v) is 2.59. The molecule has 6 heteroatoms. The Kier molecular flexibility index (Phi) is 2.95. The van der Waals surface area contributed by atoms with E-state index < -0.39 is 30.1 Å². The maximum absolute atomic E-state index is 12.2. The summed E-state index contributed by atoms with van der Waals surface area (Å²) in [5.41, 5.74) is -1.65. The monoisotopic (exact) mass is 203 g/mol. The first kappa shape index (κ1) is 10.4. The molecule has 0 radical (unpaired) electrons. The van der Waals surface area contributed by atoms with Gasteiger partial charge >= 0.3 is 5.97 Å². The van der Waals surface area contributed by atoms with Crippen LogP contribution in [0.1, 0.15) is 12.0 Å². The number of aromatic nitrogens is 1. The molecular weight excluding hydrogens is 196 g/mol. The Bertz CT molecular complexity index is 400. The third-order valence-corrected chi connectivity index (χ3v) is 1.59. The molecule has 1 aromatic rings. The summed E-state index contributed by atoms with van der Waals surface area (Å²) in [5, 5.41) is 8.37. The molecule has 1 aromatic heterocycles. The lowest BCUT2D eigenvalue weighted by atomic mass is 10.3. The third kappa shape index (κ3) is 2.15. The lowest BCUT2D eigenvalue weighted by Gasteiger charge is -2.04. The summed E-state index contributed by atoms with van der Waals surface area (Å²) >= 11 is 0. The molecule has 0 atom stereocenters. The molecule has 0 saturated carbocycles. The largest absolute Gasteiger partial charge is 0.480 e. The summed E-state index contributed by atoms with van der Waals surface area (Å²) in [4.78, 5) is 21.4. The molecule has 0 aliphatic rings. The van der Waals surface area contributed by atoms with Crippen LogP contribution in [0.25, 0.3) is 0 Å². The van der Waals surface area contributed by atoms with Gasteiger partial charge in [0.15, 0.2) is 0 Å². The number of pyridine rings is 1. The highest BCUT2D eigenvalue weighted by atomic mass is 19.3. The van der Waals surface area contributed by atoms with Gasteiger partial charge in [-0.2, -0.15) is 0 Å². The van der Waals surface area contributed by atoms with Crippen molar-refractivity contribution in [1.82, 2.24) is 4.57 Å². The SMILES string of the molecule is O=C(O)Cn1cccc(C(F)F)c1=O. The smallest absolute Gasteiger partial charge is 0.323 e. The molecule has 0 spiro atoms. The average molecular weight is 203 g/mol. The second-order valence-electron chi connectivity index (χ2n) is 2.59. The van der Waals surface area contributed by atoms with E-state index in [1.165, 1.54) is 6.07 Å². The zero-order valence-corrected chi connectivity index (χ0v) is 6.98. The van der Waals surface area contributed by atoms with E-state index in [2.05, 4.69) is 0 Å². The third-order valence-electron chi connectivity index (χ3n) is 1.59. The van der Waals surface area contributed by atoms with Crippen LogP contribution in [0.3, 0.4) is 0 Å². The number of halogens is 2. The molecule has 4 nitrogen and oxygen atoms in total. The van der Waals surface area contributed by atoms with Crippen molar-refractivity contribution >= 4 is 5.97 Å². The van der Waals surface area contributed by atoms with Gasteiger partial charge in [-0.1, -0.05) is 0 Å². The molecule has 0 fully saturated rings. The minimum absolute atomic E-state index is 0.612. The van der Waals surface area contributed by atoms with E-state index in [9.17, 15) is 18.4 Å².